The zero-order valence-electron chi connectivity index (χ0n) is 18.1. The average Bonchev–Trinajstić information content (AvgIpc) is 3.32. The molecule has 2 aromatic rings. The standard InChI is InChI=1S/C22H28N6O3/c1-16-14-17(25-31-16)18(29)27-12-6-22(7-13-27)15-21(19(30)26(22)2)4-10-28(11-5-21)20-23-8-3-9-24-20/h3,8-9,14H,4-7,10-13,15H2,1-2H3. The molecule has 0 atom stereocenters. The first-order valence-corrected chi connectivity index (χ1v) is 11.0. The molecule has 164 valence electrons. The summed E-state index contributed by atoms with van der Waals surface area (Å²) in [6.45, 7) is 4.61. The van der Waals surface area contributed by atoms with Crippen molar-refractivity contribution in [2.75, 3.05) is 38.1 Å². The molecule has 0 unspecified atom stereocenters. The highest BCUT2D eigenvalue weighted by Crippen LogP contribution is 2.52. The Kier molecular flexibility index (Phi) is 4.71. The van der Waals surface area contributed by atoms with Crippen molar-refractivity contribution in [3.05, 3.63) is 36.0 Å². The predicted octanol–water partition coefficient (Wildman–Crippen LogP) is 1.90. The fraction of sp³-hybridized carbons (Fsp3) is 0.591. The van der Waals surface area contributed by atoms with Crippen molar-refractivity contribution >= 4 is 17.8 Å². The van der Waals surface area contributed by atoms with Crippen molar-refractivity contribution in [1.82, 2.24) is 24.9 Å². The molecule has 3 aliphatic rings. The third-order valence-corrected chi connectivity index (χ3v) is 7.52. The maximum absolute atomic E-state index is 13.4. The van der Waals surface area contributed by atoms with Gasteiger partial charge in [-0.2, -0.15) is 0 Å². The minimum atomic E-state index is -0.310. The van der Waals surface area contributed by atoms with Gasteiger partial charge in [0.25, 0.3) is 5.91 Å². The van der Waals surface area contributed by atoms with Crippen LogP contribution in [0.5, 0.6) is 0 Å². The second-order valence-electron chi connectivity index (χ2n) is 9.20. The van der Waals surface area contributed by atoms with Crippen LogP contribution < -0.4 is 4.90 Å². The molecule has 0 radical (unpaired) electrons. The summed E-state index contributed by atoms with van der Waals surface area (Å²) in [5, 5.41) is 3.86. The Morgan fingerprint density at radius 3 is 2.35 bits per heavy atom. The number of aryl methyl sites for hydroxylation is 1. The molecule has 3 fully saturated rings. The third-order valence-electron chi connectivity index (χ3n) is 7.52. The van der Waals surface area contributed by atoms with Gasteiger partial charge in [-0.25, -0.2) is 9.97 Å². The predicted molar refractivity (Wildman–Crippen MR) is 112 cm³/mol. The molecule has 2 amide bonds. The van der Waals surface area contributed by atoms with Crippen molar-refractivity contribution in [3.63, 3.8) is 0 Å². The molecule has 9 heteroatoms. The van der Waals surface area contributed by atoms with Crippen LogP contribution in [0.2, 0.25) is 0 Å². The Hall–Kier alpha value is -2.97. The summed E-state index contributed by atoms with van der Waals surface area (Å²) in [6.07, 6.45) is 7.60. The monoisotopic (exact) mass is 424 g/mol. The van der Waals surface area contributed by atoms with Gasteiger partial charge in [0, 0.05) is 57.2 Å². The van der Waals surface area contributed by atoms with Gasteiger partial charge in [-0.3, -0.25) is 9.59 Å². The van der Waals surface area contributed by atoms with Crippen molar-refractivity contribution in [2.45, 2.75) is 44.6 Å². The maximum atomic E-state index is 13.4. The van der Waals surface area contributed by atoms with Gasteiger partial charge < -0.3 is 19.2 Å². The molecule has 2 spiro atoms. The largest absolute Gasteiger partial charge is 0.361 e. The van der Waals surface area contributed by atoms with Crippen LogP contribution in [0.25, 0.3) is 0 Å². The fourth-order valence-corrected chi connectivity index (χ4v) is 5.64. The summed E-state index contributed by atoms with van der Waals surface area (Å²) >= 11 is 0. The van der Waals surface area contributed by atoms with Crippen LogP contribution in [-0.4, -0.2) is 75.5 Å². The van der Waals surface area contributed by atoms with E-state index in [-0.39, 0.29) is 22.8 Å². The Morgan fingerprint density at radius 1 is 1.06 bits per heavy atom. The molecule has 0 aromatic carbocycles. The number of hydrogen-bond acceptors (Lipinski definition) is 7. The first kappa shape index (κ1) is 20.0. The number of carbonyl (C=O) groups excluding carboxylic acids is 2. The van der Waals surface area contributed by atoms with Crippen LogP contribution in [0.15, 0.2) is 29.0 Å². The number of amides is 2. The number of nitrogens with zero attached hydrogens (tertiary/aromatic N) is 6. The third kappa shape index (κ3) is 3.26. The van der Waals surface area contributed by atoms with Gasteiger partial charge in [-0.1, -0.05) is 5.16 Å². The normalized spacial score (nSPS) is 22.5. The van der Waals surface area contributed by atoms with Crippen molar-refractivity contribution < 1.29 is 14.1 Å². The SMILES string of the molecule is Cc1cc(C(=O)N2CCC3(CC2)CC2(CCN(c4ncccn4)CC2)C(=O)N3C)no1. The van der Waals surface area contributed by atoms with E-state index < -0.39 is 0 Å². The lowest BCUT2D eigenvalue weighted by molar-refractivity contribution is -0.138. The Balaban J connectivity index is 1.26. The molecule has 3 saturated heterocycles. The molecule has 0 aliphatic carbocycles. The summed E-state index contributed by atoms with van der Waals surface area (Å²) < 4.78 is 5.05. The summed E-state index contributed by atoms with van der Waals surface area (Å²) in [4.78, 5) is 40.9. The Bertz CT molecular complexity index is 974. The quantitative estimate of drug-likeness (QED) is 0.726. The van der Waals surface area contributed by atoms with E-state index in [0.717, 1.165) is 51.1 Å². The number of anilines is 1. The van der Waals surface area contributed by atoms with E-state index in [0.29, 0.717) is 24.5 Å². The smallest absolute Gasteiger partial charge is 0.276 e. The number of piperidine rings is 2. The minimum absolute atomic E-state index is 0.0930. The minimum Gasteiger partial charge on any atom is -0.361 e. The van der Waals surface area contributed by atoms with Gasteiger partial charge in [0.05, 0.1) is 5.41 Å². The molecule has 3 aliphatic heterocycles. The number of aromatic nitrogens is 3. The second kappa shape index (κ2) is 7.32. The van der Waals surface area contributed by atoms with Gasteiger partial charge in [0.2, 0.25) is 11.9 Å². The number of rotatable bonds is 2. The van der Waals surface area contributed by atoms with E-state index >= 15 is 0 Å². The topological polar surface area (TPSA) is 95.7 Å². The summed E-state index contributed by atoms with van der Waals surface area (Å²) in [5.74, 6) is 1.53. The molecule has 5 rings (SSSR count). The molecular weight excluding hydrogens is 396 g/mol. The Labute approximate surface area is 181 Å². The van der Waals surface area contributed by atoms with Crippen molar-refractivity contribution in [2.24, 2.45) is 5.41 Å². The molecule has 0 saturated carbocycles. The zero-order valence-corrected chi connectivity index (χ0v) is 18.1. The van der Waals surface area contributed by atoms with Gasteiger partial charge in [-0.05, 0) is 45.1 Å². The Morgan fingerprint density at radius 2 is 1.74 bits per heavy atom. The highest BCUT2D eigenvalue weighted by atomic mass is 16.5. The molecule has 0 bridgehead atoms. The van der Waals surface area contributed by atoms with Gasteiger partial charge in [-0.15, -0.1) is 0 Å². The van der Waals surface area contributed by atoms with E-state index in [1.54, 1.807) is 25.4 Å². The van der Waals surface area contributed by atoms with Crippen LogP contribution in [-0.2, 0) is 4.79 Å². The molecule has 9 nitrogen and oxygen atoms in total. The summed E-state index contributed by atoms with van der Waals surface area (Å²) in [7, 11) is 1.95. The molecule has 2 aromatic heterocycles. The highest BCUT2D eigenvalue weighted by Gasteiger charge is 2.59. The van der Waals surface area contributed by atoms with Gasteiger partial charge >= 0.3 is 0 Å². The van der Waals surface area contributed by atoms with E-state index in [1.807, 2.05) is 22.9 Å². The lowest BCUT2D eigenvalue weighted by Gasteiger charge is -2.43. The molecular formula is C22H28N6O3. The van der Waals surface area contributed by atoms with Gasteiger partial charge in [0.15, 0.2) is 5.69 Å². The average molecular weight is 425 g/mol. The van der Waals surface area contributed by atoms with Gasteiger partial charge in [0.1, 0.15) is 5.76 Å². The highest BCUT2D eigenvalue weighted by molar-refractivity contribution is 5.92. The first-order chi connectivity index (χ1) is 14.9. The number of likely N-dealkylation sites (tertiary alicyclic amines) is 2. The van der Waals surface area contributed by atoms with Crippen molar-refractivity contribution in [3.8, 4) is 0 Å². The molecule has 5 heterocycles. The number of hydrogen-bond donors (Lipinski definition) is 0. The van der Waals surface area contributed by atoms with Crippen LogP contribution in [0.3, 0.4) is 0 Å². The van der Waals surface area contributed by atoms with Crippen LogP contribution in [0.4, 0.5) is 5.95 Å². The van der Waals surface area contributed by atoms with E-state index in [9.17, 15) is 9.59 Å². The lowest BCUT2D eigenvalue weighted by atomic mass is 9.71. The maximum Gasteiger partial charge on any atom is 0.276 e. The van der Waals surface area contributed by atoms with E-state index in [4.69, 9.17) is 4.52 Å². The van der Waals surface area contributed by atoms with Crippen LogP contribution >= 0.6 is 0 Å². The zero-order chi connectivity index (χ0) is 21.6. The first-order valence-electron chi connectivity index (χ1n) is 11.0. The van der Waals surface area contributed by atoms with Crippen molar-refractivity contribution in [1.29, 1.82) is 0 Å². The van der Waals surface area contributed by atoms with E-state index in [1.165, 1.54) is 0 Å². The second-order valence-corrected chi connectivity index (χ2v) is 9.20. The number of carbonyl (C=O) groups is 2. The summed E-state index contributed by atoms with van der Waals surface area (Å²) in [6, 6.07) is 3.49. The molecule has 0 N–H and O–H groups in total. The lowest BCUT2D eigenvalue weighted by Crippen LogP contribution is -2.52. The fourth-order valence-electron chi connectivity index (χ4n) is 5.64. The van der Waals surface area contributed by atoms with Crippen LogP contribution in [0.1, 0.15) is 48.4 Å². The molecule has 31 heavy (non-hydrogen) atoms. The summed E-state index contributed by atoms with van der Waals surface area (Å²) in [5.41, 5.74) is -0.120. The van der Waals surface area contributed by atoms with Crippen LogP contribution in [0, 0.1) is 12.3 Å². The van der Waals surface area contributed by atoms with E-state index in [2.05, 4.69) is 20.0 Å².